The number of aliphatic hydroxyl groups excluding tert-OH is 1. The summed E-state index contributed by atoms with van der Waals surface area (Å²) in [6, 6.07) is 10.7. The number of hydrogen-bond acceptors (Lipinski definition) is 4. The number of hydrogen-bond donors (Lipinski definition) is 2. The molecule has 1 fully saturated rings. The molecular formula is C17H28N2O2. The molecule has 2 unspecified atom stereocenters. The summed E-state index contributed by atoms with van der Waals surface area (Å²) in [4.78, 5) is 2.45. The molecule has 0 aliphatic carbocycles. The van der Waals surface area contributed by atoms with Crippen LogP contribution in [-0.4, -0.2) is 55.5 Å². The van der Waals surface area contributed by atoms with Gasteiger partial charge in [-0.3, -0.25) is 4.90 Å². The molecule has 2 N–H and O–H groups in total. The Balaban J connectivity index is 2.09. The molecule has 2 rings (SSSR count). The fourth-order valence-electron chi connectivity index (χ4n) is 3.08. The normalized spacial score (nSPS) is 22.9. The van der Waals surface area contributed by atoms with E-state index < -0.39 is 0 Å². The fourth-order valence-corrected chi connectivity index (χ4v) is 3.08. The molecule has 0 amide bonds. The van der Waals surface area contributed by atoms with Gasteiger partial charge in [0.05, 0.1) is 25.4 Å². The molecule has 1 aromatic carbocycles. The van der Waals surface area contributed by atoms with Crippen molar-refractivity contribution in [3.63, 3.8) is 0 Å². The van der Waals surface area contributed by atoms with Crippen molar-refractivity contribution in [2.75, 3.05) is 39.5 Å². The summed E-state index contributed by atoms with van der Waals surface area (Å²) in [5, 5.41) is 13.6. The van der Waals surface area contributed by atoms with Crippen molar-refractivity contribution in [2.45, 2.75) is 31.8 Å². The fraction of sp³-hybridized carbons (Fsp3) is 0.647. The van der Waals surface area contributed by atoms with Crippen LogP contribution in [0.4, 0.5) is 0 Å². The average Bonchev–Trinajstić information content (AvgIpc) is 2.54. The maximum Gasteiger partial charge on any atom is 0.0681 e. The SMILES string of the molecule is CCNC(CO)(CCN1CCOCC1C)c1ccccc1. The number of morpholine rings is 1. The van der Waals surface area contributed by atoms with Crippen molar-refractivity contribution in [1.29, 1.82) is 0 Å². The van der Waals surface area contributed by atoms with Crippen LogP contribution in [0.1, 0.15) is 25.8 Å². The summed E-state index contributed by atoms with van der Waals surface area (Å²) in [6.45, 7) is 8.80. The monoisotopic (exact) mass is 292 g/mol. The molecule has 2 atom stereocenters. The van der Waals surface area contributed by atoms with Crippen LogP contribution < -0.4 is 5.32 Å². The van der Waals surface area contributed by atoms with E-state index in [2.05, 4.69) is 36.2 Å². The van der Waals surface area contributed by atoms with Crippen molar-refractivity contribution in [3.8, 4) is 0 Å². The second kappa shape index (κ2) is 7.90. The first kappa shape index (κ1) is 16.4. The number of benzene rings is 1. The molecule has 1 aliphatic heterocycles. The van der Waals surface area contributed by atoms with Crippen molar-refractivity contribution >= 4 is 0 Å². The van der Waals surface area contributed by atoms with Gasteiger partial charge in [-0.2, -0.15) is 0 Å². The van der Waals surface area contributed by atoms with Crippen LogP contribution in [0.3, 0.4) is 0 Å². The molecular weight excluding hydrogens is 264 g/mol. The van der Waals surface area contributed by atoms with Crippen molar-refractivity contribution in [1.82, 2.24) is 10.2 Å². The van der Waals surface area contributed by atoms with E-state index in [1.165, 1.54) is 0 Å². The third kappa shape index (κ3) is 4.04. The zero-order chi connectivity index (χ0) is 15.1. The Morgan fingerprint density at radius 1 is 1.38 bits per heavy atom. The lowest BCUT2D eigenvalue weighted by Gasteiger charge is -2.39. The summed E-state index contributed by atoms with van der Waals surface area (Å²) in [6.07, 6.45) is 0.895. The molecule has 0 radical (unpaired) electrons. The second-order valence-corrected chi connectivity index (χ2v) is 5.85. The summed E-state index contributed by atoms with van der Waals surface area (Å²) in [5.41, 5.74) is 0.809. The lowest BCUT2D eigenvalue weighted by molar-refractivity contribution is -0.00656. The van der Waals surface area contributed by atoms with Gasteiger partial charge in [-0.05, 0) is 25.5 Å². The van der Waals surface area contributed by atoms with Crippen molar-refractivity contribution < 1.29 is 9.84 Å². The van der Waals surface area contributed by atoms with Gasteiger partial charge in [-0.25, -0.2) is 0 Å². The van der Waals surface area contributed by atoms with E-state index in [1.54, 1.807) is 0 Å². The van der Waals surface area contributed by atoms with E-state index >= 15 is 0 Å². The molecule has 0 saturated carbocycles. The second-order valence-electron chi connectivity index (χ2n) is 5.85. The van der Waals surface area contributed by atoms with Crippen LogP contribution in [0.25, 0.3) is 0 Å². The molecule has 4 heteroatoms. The topological polar surface area (TPSA) is 44.7 Å². The number of nitrogens with zero attached hydrogens (tertiary/aromatic N) is 1. The number of likely N-dealkylation sites (N-methyl/N-ethyl adjacent to an activating group) is 1. The molecule has 1 aliphatic rings. The van der Waals surface area contributed by atoms with Gasteiger partial charge in [0.15, 0.2) is 0 Å². The molecule has 1 saturated heterocycles. The number of nitrogens with one attached hydrogen (secondary N) is 1. The highest BCUT2D eigenvalue weighted by atomic mass is 16.5. The maximum atomic E-state index is 10.1. The van der Waals surface area contributed by atoms with Crippen molar-refractivity contribution in [3.05, 3.63) is 35.9 Å². The van der Waals surface area contributed by atoms with E-state index in [4.69, 9.17) is 4.74 Å². The molecule has 0 bridgehead atoms. The maximum absolute atomic E-state index is 10.1. The van der Waals surface area contributed by atoms with Crippen LogP contribution in [0.15, 0.2) is 30.3 Å². The molecule has 1 heterocycles. The molecule has 118 valence electrons. The number of ether oxygens (including phenoxy) is 1. The summed E-state index contributed by atoms with van der Waals surface area (Å²) >= 11 is 0. The third-order valence-electron chi connectivity index (χ3n) is 4.44. The Bertz CT molecular complexity index is 413. The van der Waals surface area contributed by atoms with E-state index in [-0.39, 0.29) is 12.1 Å². The highest BCUT2D eigenvalue weighted by Crippen LogP contribution is 2.25. The van der Waals surface area contributed by atoms with Gasteiger partial charge >= 0.3 is 0 Å². The highest BCUT2D eigenvalue weighted by molar-refractivity contribution is 5.24. The first-order valence-electron chi connectivity index (χ1n) is 7.95. The molecule has 0 aromatic heterocycles. The van der Waals surface area contributed by atoms with Gasteiger partial charge < -0.3 is 15.2 Å². The molecule has 4 nitrogen and oxygen atoms in total. The quantitative estimate of drug-likeness (QED) is 0.801. The third-order valence-corrected chi connectivity index (χ3v) is 4.44. The lowest BCUT2D eigenvalue weighted by atomic mass is 9.86. The van der Waals surface area contributed by atoms with Gasteiger partial charge in [0.1, 0.15) is 0 Å². The van der Waals surface area contributed by atoms with Gasteiger partial charge in [0.2, 0.25) is 0 Å². The standard InChI is InChI=1S/C17H28N2O2/c1-3-18-17(14-20,16-7-5-4-6-8-16)9-10-19-11-12-21-13-15(19)2/h4-8,15,18,20H,3,9-14H2,1-2H3. The minimum atomic E-state index is -0.353. The Labute approximate surface area is 128 Å². The van der Waals surface area contributed by atoms with Gasteiger partial charge in [-0.15, -0.1) is 0 Å². The Morgan fingerprint density at radius 3 is 2.76 bits per heavy atom. The van der Waals surface area contributed by atoms with Gasteiger partial charge in [-0.1, -0.05) is 37.3 Å². The van der Waals surface area contributed by atoms with Crippen molar-refractivity contribution in [2.24, 2.45) is 0 Å². The lowest BCUT2D eigenvalue weighted by Crippen LogP contribution is -2.50. The molecule has 0 spiro atoms. The molecule has 1 aromatic rings. The Hall–Kier alpha value is -0.940. The zero-order valence-corrected chi connectivity index (χ0v) is 13.2. The van der Waals surface area contributed by atoms with E-state index in [1.807, 2.05) is 18.2 Å². The van der Waals surface area contributed by atoms with Crippen LogP contribution in [-0.2, 0) is 10.3 Å². The van der Waals surface area contributed by atoms with Crippen LogP contribution in [0.5, 0.6) is 0 Å². The first-order chi connectivity index (χ1) is 10.2. The Kier molecular flexibility index (Phi) is 6.18. The summed E-state index contributed by atoms with van der Waals surface area (Å²) in [7, 11) is 0. The highest BCUT2D eigenvalue weighted by Gasteiger charge is 2.32. The minimum absolute atomic E-state index is 0.115. The smallest absolute Gasteiger partial charge is 0.0681 e. The summed E-state index contributed by atoms with van der Waals surface area (Å²) in [5.74, 6) is 0. The van der Waals surface area contributed by atoms with E-state index in [0.29, 0.717) is 6.04 Å². The van der Waals surface area contributed by atoms with E-state index in [9.17, 15) is 5.11 Å². The van der Waals surface area contributed by atoms with Gasteiger partial charge in [0.25, 0.3) is 0 Å². The predicted molar refractivity (Wildman–Crippen MR) is 85.4 cm³/mol. The molecule has 21 heavy (non-hydrogen) atoms. The minimum Gasteiger partial charge on any atom is -0.394 e. The summed E-state index contributed by atoms with van der Waals surface area (Å²) < 4.78 is 5.50. The van der Waals surface area contributed by atoms with Crippen LogP contribution in [0, 0.1) is 0 Å². The predicted octanol–water partition coefficient (Wildman–Crippen LogP) is 1.59. The van der Waals surface area contributed by atoms with E-state index in [0.717, 1.165) is 44.8 Å². The zero-order valence-electron chi connectivity index (χ0n) is 13.2. The first-order valence-corrected chi connectivity index (χ1v) is 7.95. The average molecular weight is 292 g/mol. The number of rotatable bonds is 7. The van der Waals surface area contributed by atoms with Gasteiger partial charge in [0, 0.05) is 19.1 Å². The Morgan fingerprint density at radius 2 is 2.14 bits per heavy atom. The van der Waals surface area contributed by atoms with Crippen LogP contribution in [0.2, 0.25) is 0 Å². The van der Waals surface area contributed by atoms with Crippen LogP contribution >= 0.6 is 0 Å². The number of aliphatic hydroxyl groups is 1. The largest absolute Gasteiger partial charge is 0.394 e.